The van der Waals surface area contributed by atoms with Gasteiger partial charge in [0.2, 0.25) is 0 Å². The van der Waals surface area contributed by atoms with E-state index in [1.165, 1.54) is 42.3 Å². The highest BCUT2D eigenvalue weighted by Gasteiger charge is 2.18. The van der Waals surface area contributed by atoms with E-state index in [1.54, 1.807) is 0 Å². The second kappa shape index (κ2) is 6.09. The van der Waals surface area contributed by atoms with Crippen molar-refractivity contribution < 1.29 is 0 Å². The van der Waals surface area contributed by atoms with Gasteiger partial charge in [-0.3, -0.25) is 0 Å². The first-order valence-corrected chi connectivity index (χ1v) is 9.11. The van der Waals surface area contributed by atoms with Crippen LogP contribution in [0.1, 0.15) is 19.3 Å². The maximum atomic E-state index is 2.17. The molecule has 0 aromatic carbocycles. The molecule has 2 heterocycles. The molecule has 0 unspecified atom stereocenters. The summed E-state index contributed by atoms with van der Waals surface area (Å²) >= 11 is 8.70. The van der Waals surface area contributed by atoms with Crippen LogP contribution in [0.3, 0.4) is 0 Å². The van der Waals surface area contributed by atoms with Crippen LogP contribution in [0.15, 0.2) is 0 Å². The second-order valence-corrected chi connectivity index (χ2v) is 9.11. The molecule has 0 bridgehead atoms. The van der Waals surface area contributed by atoms with Crippen LogP contribution in [0, 0.1) is 0 Å². The van der Waals surface area contributed by atoms with Crippen molar-refractivity contribution in [3.05, 3.63) is 0 Å². The molecule has 2 fully saturated rings. The zero-order valence-corrected chi connectivity index (χ0v) is 11.0. The predicted molar refractivity (Wildman–Crippen MR) is 71.3 cm³/mol. The minimum atomic E-state index is 0.941. The molecular weight excluding hydrogens is 236 g/mol. The van der Waals surface area contributed by atoms with E-state index in [9.17, 15) is 0 Å². The third kappa shape index (κ3) is 3.80. The first-order valence-electron chi connectivity index (χ1n) is 4.91. The van der Waals surface area contributed by atoms with E-state index < -0.39 is 0 Å². The van der Waals surface area contributed by atoms with E-state index in [4.69, 9.17) is 0 Å². The highest BCUT2D eigenvalue weighted by molar-refractivity contribution is 8.20. The minimum Gasteiger partial charge on any atom is -0.147 e. The number of rotatable bonds is 4. The Morgan fingerprint density at radius 2 is 1.08 bits per heavy atom. The van der Waals surface area contributed by atoms with Crippen molar-refractivity contribution in [2.75, 3.05) is 23.0 Å². The summed E-state index contributed by atoms with van der Waals surface area (Å²) in [4.78, 5) is 0. The molecule has 0 aromatic rings. The summed E-state index contributed by atoms with van der Waals surface area (Å²) in [6.07, 6.45) is 4.36. The normalized spacial score (nSPS) is 25.8. The number of thioether (sulfide) groups is 4. The van der Waals surface area contributed by atoms with Crippen LogP contribution < -0.4 is 0 Å². The lowest BCUT2D eigenvalue weighted by molar-refractivity contribution is 0.758. The molecule has 0 amide bonds. The van der Waals surface area contributed by atoms with Crippen LogP contribution in [0.5, 0.6) is 0 Å². The van der Waals surface area contributed by atoms with Gasteiger partial charge < -0.3 is 0 Å². The monoisotopic (exact) mass is 252 g/mol. The zero-order valence-electron chi connectivity index (χ0n) is 7.74. The molecule has 0 N–H and O–H groups in total. The van der Waals surface area contributed by atoms with Crippen LogP contribution in [0.25, 0.3) is 0 Å². The molecule has 0 aliphatic carbocycles. The second-order valence-electron chi connectivity index (χ2n) is 3.27. The average Bonchev–Trinajstić information content (AvgIpc) is 2.75. The van der Waals surface area contributed by atoms with E-state index in [0.29, 0.717) is 0 Å². The molecule has 0 atom stereocenters. The van der Waals surface area contributed by atoms with Crippen molar-refractivity contribution in [1.29, 1.82) is 0 Å². The van der Waals surface area contributed by atoms with Gasteiger partial charge in [-0.25, -0.2) is 0 Å². The van der Waals surface area contributed by atoms with E-state index in [-0.39, 0.29) is 0 Å². The van der Waals surface area contributed by atoms with Crippen LogP contribution in [0.4, 0.5) is 0 Å². The van der Waals surface area contributed by atoms with Crippen LogP contribution in [-0.4, -0.2) is 32.2 Å². The Morgan fingerprint density at radius 3 is 1.46 bits per heavy atom. The summed E-state index contributed by atoms with van der Waals surface area (Å²) in [6, 6.07) is 0. The summed E-state index contributed by atoms with van der Waals surface area (Å²) in [5.74, 6) is 5.56. The SMILES string of the molecule is C(CC1SCCS1)CC1SCCS1. The molecule has 0 radical (unpaired) electrons. The van der Waals surface area contributed by atoms with Gasteiger partial charge in [0.05, 0.1) is 9.16 Å². The fourth-order valence-corrected chi connectivity index (χ4v) is 7.45. The standard InChI is InChI=1S/C9H16S4/c1(2-8-10-4-5-11-8)3-9-12-6-7-13-9/h8-9H,1-7H2. The molecule has 4 heteroatoms. The van der Waals surface area contributed by atoms with Gasteiger partial charge in [-0.15, -0.1) is 47.0 Å². The van der Waals surface area contributed by atoms with Crippen LogP contribution in [0.2, 0.25) is 0 Å². The van der Waals surface area contributed by atoms with E-state index >= 15 is 0 Å². The lowest BCUT2D eigenvalue weighted by Crippen LogP contribution is -1.96. The summed E-state index contributed by atoms with van der Waals surface area (Å²) in [5, 5.41) is 0. The number of hydrogen-bond acceptors (Lipinski definition) is 4. The fourth-order valence-electron chi connectivity index (χ4n) is 1.60. The van der Waals surface area contributed by atoms with Gasteiger partial charge >= 0.3 is 0 Å². The van der Waals surface area contributed by atoms with Crippen LogP contribution >= 0.6 is 47.0 Å². The van der Waals surface area contributed by atoms with Crippen molar-refractivity contribution in [3.63, 3.8) is 0 Å². The van der Waals surface area contributed by atoms with Gasteiger partial charge in [0.1, 0.15) is 0 Å². The molecule has 0 spiro atoms. The molecule has 0 saturated carbocycles. The fraction of sp³-hybridized carbons (Fsp3) is 1.00. The van der Waals surface area contributed by atoms with Crippen LogP contribution in [-0.2, 0) is 0 Å². The topological polar surface area (TPSA) is 0 Å². The molecule has 0 nitrogen and oxygen atoms in total. The molecular formula is C9H16S4. The number of hydrogen-bond donors (Lipinski definition) is 0. The molecule has 2 saturated heterocycles. The Balaban J connectivity index is 1.52. The molecule has 13 heavy (non-hydrogen) atoms. The first-order chi connectivity index (χ1) is 6.45. The third-order valence-electron chi connectivity index (χ3n) is 2.26. The predicted octanol–water partition coefficient (Wildman–Crippen LogP) is 3.77. The quantitative estimate of drug-likeness (QED) is 0.746. The van der Waals surface area contributed by atoms with Crippen molar-refractivity contribution in [1.82, 2.24) is 0 Å². The molecule has 76 valence electrons. The van der Waals surface area contributed by atoms with Gasteiger partial charge in [0.25, 0.3) is 0 Å². The maximum absolute atomic E-state index is 2.17. The molecule has 2 aliphatic heterocycles. The summed E-state index contributed by atoms with van der Waals surface area (Å²) < 4.78 is 1.88. The van der Waals surface area contributed by atoms with E-state index in [2.05, 4.69) is 47.0 Å². The lowest BCUT2D eigenvalue weighted by Gasteiger charge is -2.10. The van der Waals surface area contributed by atoms with Gasteiger partial charge in [-0.2, -0.15) is 0 Å². The Bertz CT molecular complexity index is 123. The largest absolute Gasteiger partial charge is 0.147 e. The highest BCUT2D eigenvalue weighted by atomic mass is 32.2. The van der Waals surface area contributed by atoms with E-state index in [1.807, 2.05) is 0 Å². The summed E-state index contributed by atoms with van der Waals surface area (Å²) in [7, 11) is 0. The Hall–Kier alpha value is 1.40. The van der Waals surface area contributed by atoms with Crippen molar-refractivity contribution in [3.8, 4) is 0 Å². The Labute approximate surface area is 98.1 Å². The molecule has 2 aliphatic rings. The smallest absolute Gasteiger partial charge is 0.0503 e. The third-order valence-corrected chi connectivity index (χ3v) is 8.60. The average molecular weight is 252 g/mol. The lowest BCUT2D eigenvalue weighted by atomic mass is 10.3. The first kappa shape index (κ1) is 10.9. The van der Waals surface area contributed by atoms with Gasteiger partial charge in [0, 0.05) is 23.0 Å². The van der Waals surface area contributed by atoms with Crippen molar-refractivity contribution in [2.45, 2.75) is 28.4 Å². The Morgan fingerprint density at radius 1 is 0.692 bits per heavy atom. The van der Waals surface area contributed by atoms with Crippen molar-refractivity contribution >= 4 is 47.0 Å². The zero-order chi connectivity index (χ0) is 8.93. The van der Waals surface area contributed by atoms with Crippen molar-refractivity contribution in [2.24, 2.45) is 0 Å². The minimum absolute atomic E-state index is 0.941. The maximum Gasteiger partial charge on any atom is 0.0503 e. The van der Waals surface area contributed by atoms with Gasteiger partial charge in [-0.05, 0) is 19.3 Å². The molecule has 0 aromatic heterocycles. The molecule has 2 rings (SSSR count). The summed E-state index contributed by atoms with van der Waals surface area (Å²) in [5.41, 5.74) is 0. The van der Waals surface area contributed by atoms with E-state index in [0.717, 1.165) is 9.16 Å². The highest BCUT2D eigenvalue weighted by Crippen LogP contribution is 2.38. The Kier molecular flexibility index (Phi) is 5.10. The van der Waals surface area contributed by atoms with Gasteiger partial charge in [-0.1, -0.05) is 0 Å². The summed E-state index contributed by atoms with van der Waals surface area (Å²) in [6.45, 7) is 0. The van der Waals surface area contributed by atoms with Gasteiger partial charge in [0.15, 0.2) is 0 Å².